The Balaban J connectivity index is 2.68. The van der Waals surface area contributed by atoms with Crippen LogP contribution in [0.1, 0.15) is 23.2 Å². The number of carbonyl (C=O) groups excluding carboxylic acids is 2. The molecule has 0 aliphatic heterocycles. The number of rotatable bonds is 7. The van der Waals surface area contributed by atoms with Gasteiger partial charge in [0.2, 0.25) is 0 Å². The van der Waals surface area contributed by atoms with Crippen LogP contribution in [0, 0.1) is 0 Å². The lowest BCUT2D eigenvalue weighted by molar-refractivity contribution is -0.134. The van der Waals surface area contributed by atoms with E-state index in [1.165, 1.54) is 25.3 Å². The highest BCUT2D eigenvalue weighted by molar-refractivity contribution is 5.86. The fourth-order valence-corrected chi connectivity index (χ4v) is 1.38. The molecule has 0 aliphatic carbocycles. The van der Waals surface area contributed by atoms with Crippen LogP contribution in [0.25, 0.3) is 0 Å². The summed E-state index contributed by atoms with van der Waals surface area (Å²) >= 11 is 0. The number of aliphatic carboxylic acids is 1. The number of methoxy groups -OCH3 is 1. The standard InChI is InChI=1S/C14H14O6/c1-9(14(17)18)3-6-13(16)20-11-5-4-10(8-15)7-12(11)19-2/h4-5,7-8H,1,3,6H2,2H3,(H,17,18). The number of ether oxygens (including phenoxy) is 2. The van der Waals surface area contributed by atoms with Gasteiger partial charge < -0.3 is 14.6 Å². The molecular weight excluding hydrogens is 264 g/mol. The molecule has 1 rings (SSSR count). The largest absolute Gasteiger partial charge is 0.493 e. The molecule has 0 unspecified atom stereocenters. The maximum atomic E-state index is 11.6. The summed E-state index contributed by atoms with van der Waals surface area (Å²) < 4.78 is 10.1. The molecular formula is C14H14O6. The minimum atomic E-state index is -1.15. The molecule has 6 heteroatoms. The van der Waals surface area contributed by atoms with Crippen molar-refractivity contribution in [3.8, 4) is 11.5 Å². The molecule has 1 aromatic carbocycles. The van der Waals surface area contributed by atoms with E-state index in [1.807, 2.05) is 0 Å². The number of esters is 1. The van der Waals surface area contributed by atoms with E-state index in [9.17, 15) is 14.4 Å². The van der Waals surface area contributed by atoms with Gasteiger partial charge in [0.1, 0.15) is 6.29 Å². The van der Waals surface area contributed by atoms with Crippen molar-refractivity contribution in [2.24, 2.45) is 0 Å². The number of carboxylic acids is 1. The third-order valence-corrected chi connectivity index (χ3v) is 2.48. The molecule has 20 heavy (non-hydrogen) atoms. The second-order valence-corrected chi connectivity index (χ2v) is 3.91. The maximum Gasteiger partial charge on any atom is 0.330 e. The van der Waals surface area contributed by atoms with Gasteiger partial charge in [0.25, 0.3) is 0 Å². The topological polar surface area (TPSA) is 89.9 Å². The highest BCUT2D eigenvalue weighted by Crippen LogP contribution is 2.28. The van der Waals surface area contributed by atoms with E-state index >= 15 is 0 Å². The zero-order valence-electron chi connectivity index (χ0n) is 10.9. The minimum absolute atomic E-state index is 0.00288. The Morgan fingerprint density at radius 1 is 1.30 bits per heavy atom. The van der Waals surface area contributed by atoms with E-state index in [2.05, 4.69) is 6.58 Å². The lowest BCUT2D eigenvalue weighted by Crippen LogP contribution is -2.10. The molecule has 1 N–H and O–H groups in total. The van der Waals surface area contributed by atoms with Crippen LogP contribution < -0.4 is 9.47 Å². The van der Waals surface area contributed by atoms with Gasteiger partial charge in [0, 0.05) is 11.1 Å². The fourth-order valence-electron chi connectivity index (χ4n) is 1.38. The summed E-state index contributed by atoms with van der Waals surface area (Å²) in [5, 5.41) is 8.62. The molecule has 106 valence electrons. The van der Waals surface area contributed by atoms with Crippen LogP contribution in [0.5, 0.6) is 11.5 Å². The van der Waals surface area contributed by atoms with Crippen molar-refractivity contribution in [3.05, 3.63) is 35.9 Å². The van der Waals surface area contributed by atoms with Crippen LogP contribution in [0.3, 0.4) is 0 Å². The number of hydrogen-bond donors (Lipinski definition) is 1. The van der Waals surface area contributed by atoms with Crippen LogP contribution in [0.15, 0.2) is 30.4 Å². The molecule has 0 amide bonds. The lowest BCUT2D eigenvalue weighted by Gasteiger charge is -2.09. The van der Waals surface area contributed by atoms with Gasteiger partial charge >= 0.3 is 11.9 Å². The Morgan fingerprint density at radius 2 is 2.00 bits per heavy atom. The third kappa shape index (κ3) is 4.24. The number of hydrogen-bond acceptors (Lipinski definition) is 5. The summed E-state index contributed by atoms with van der Waals surface area (Å²) in [5.41, 5.74) is 0.325. The molecule has 0 fully saturated rings. The monoisotopic (exact) mass is 278 g/mol. The quantitative estimate of drug-likeness (QED) is 0.354. The number of carbonyl (C=O) groups is 3. The third-order valence-electron chi connectivity index (χ3n) is 2.48. The van der Waals surface area contributed by atoms with Gasteiger partial charge in [-0.1, -0.05) is 6.58 Å². The molecule has 0 spiro atoms. The smallest absolute Gasteiger partial charge is 0.330 e. The summed E-state index contributed by atoms with van der Waals surface area (Å²) in [7, 11) is 1.38. The zero-order valence-corrected chi connectivity index (χ0v) is 10.9. The van der Waals surface area contributed by atoms with Gasteiger partial charge in [-0.15, -0.1) is 0 Å². The summed E-state index contributed by atoms with van der Waals surface area (Å²) in [6, 6.07) is 4.35. The second kappa shape index (κ2) is 7.08. The molecule has 0 aromatic heterocycles. The molecule has 0 saturated carbocycles. The Labute approximate surface area is 115 Å². The first-order valence-electron chi connectivity index (χ1n) is 5.73. The summed E-state index contributed by atoms with van der Waals surface area (Å²) in [5.74, 6) is -1.33. The van der Waals surface area contributed by atoms with Crippen molar-refractivity contribution < 1.29 is 29.0 Å². The van der Waals surface area contributed by atoms with E-state index in [0.29, 0.717) is 11.8 Å². The Morgan fingerprint density at radius 3 is 2.55 bits per heavy atom. The highest BCUT2D eigenvalue weighted by Gasteiger charge is 2.13. The summed E-state index contributed by atoms with van der Waals surface area (Å²) in [4.78, 5) is 32.7. The Bertz CT molecular complexity index is 547. The van der Waals surface area contributed by atoms with Crippen LogP contribution in [-0.2, 0) is 9.59 Å². The van der Waals surface area contributed by atoms with Crippen molar-refractivity contribution in [1.82, 2.24) is 0 Å². The predicted molar refractivity (Wildman–Crippen MR) is 70.0 cm³/mol. The molecule has 0 radical (unpaired) electrons. The number of carboxylic acid groups (broad SMARTS) is 1. The number of aldehydes is 1. The first kappa shape index (κ1) is 15.4. The van der Waals surface area contributed by atoms with Gasteiger partial charge in [-0.25, -0.2) is 4.79 Å². The highest BCUT2D eigenvalue weighted by atomic mass is 16.6. The fraction of sp³-hybridized carbons (Fsp3) is 0.214. The van der Waals surface area contributed by atoms with Crippen LogP contribution in [-0.4, -0.2) is 30.4 Å². The van der Waals surface area contributed by atoms with Gasteiger partial charge in [-0.3, -0.25) is 9.59 Å². The maximum absolute atomic E-state index is 11.6. The van der Waals surface area contributed by atoms with Gasteiger partial charge in [0.05, 0.1) is 13.5 Å². The summed E-state index contributed by atoms with van der Waals surface area (Å²) in [6.45, 7) is 3.32. The van der Waals surface area contributed by atoms with Crippen LogP contribution >= 0.6 is 0 Å². The van der Waals surface area contributed by atoms with E-state index in [-0.39, 0.29) is 29.9 Å². The Kier molecular flexibility index (Phi) is 5.46. The zero-order chi connectivity index (χ0) is 15.1. The SMILES string of the molecule is C=C(CCC(=O)Oc1ccc(C=O)cc1OC)C(=O)O. The van der Waals surface area contributed by atoms with Crippen molar-refractivity contribution in [2.75, 3.05) is 7.11 Å². The lowest BCUT2D eigenvalue weighted by atomic mass is 10.1. The average molecular weight is 278 g/mol. The van der Waals surface area contributed by atoms with Crippen molar-refractivity contribution >= 4 is 18.2 Å². The molecule has 6 nitrogen and oxygen atoms in total. The van der Waals surface area contributed by atoms with E-state index in [0.717, 1.165) is 0 Å². The molecule has 0 bridgehead atoms. The minimum Gasteiger partial charge on any atom is -0.493 e. The number of benzene rings is 1. The van der Waals surface area contributed by atoms with Gasteiger partial charge in [-0.2, -0.15) is 0 Å². The van der Waals surface area contributed by atoms with E-state index in [1.54, 1.807) is 0 Å². The van der Waals surface area contributed by atoms with Crippen LogP contribution in [0.2, 0.25) is 0 Å². The first-order chi connectivity index (χ1) is 9.47. The second-order valence-electron chi connectivity index (χ2n) is 3.91. The molecule has 0 aliphatic rings. The first-order valence-corrected chi connectivity index (χ1v) is 5.73. The van der Waals surface area contributed by atoms with Gasteiger partial charge in [-0.05, 0) is 24.6 Å². The van der Waals surface area contributed by atoms with Gasteiger partial charge in [0.15, 0.2) is 11.5 Å². The molecule has 1 aromatic rings. The average Bonchev–Trinajstić information content (AvgIpc) is 2.44. The van der Waals surface area contributed by atoms with E-state index < -0.39 is 11.9 Å². The van der Waals surface area contributed by atoms with Crippen molar-refractivity contribution in [3.63, 3.8) is 0 Å². The van der Waals surface area contributed by atoms with Crippen molar-refractivity contribution in [1.29, 1.82) is 0 Å². The molecule has 0 atom stereocenters. The predicted octanol–water partition coefficient (Wildman–Crippen LogP) is 1.83. The van der Waals surface area contributed by atoms with E-state index in [4.69, 9.17) is 14.6 Å². The Hall–Kier alpha value is -2.63. The normalized spacial score (nSPS) is 9.65. The van der Waals surface area contributed by atoms with Crippen molar-refractivity contribution in [2.45, 2.75) is 12.8 Å². The molecule has 0 saturated heterocycles. The summed E-state index contributed by atoms with van der Waals surface area (Å²) in [6.07, 6.45) is 0.539. The van der Waals surface area contributed by atoms with Crippen LogP contribution in [0.4, 0.5) is 0 Å². The molecule has 0 heterocycles.